The zero-order valence-electron chi connectivity index (χ0n) is 30.3. The molecule has 7 atom stereocenters. The molecule has 3 fully saturated rings. The Bertz CT molecular complexity index is 1810. The average molecular weight is 808 g/mol. The number of benzene rings is 3. The summed E-state index contributed by atoms with van der Waals surface area (Å²) in [6.45, 7) is 14.1. The first kappa shape index (κ1) is 35.6. The fourth-order valence-electron chi connectivity index (χ4n) is 11.2. The highest BCUT2D eigenvalue weighted by atomic mass is 79.9. The van der Waals surface area contributed by atoms with Gasteiger partial charge in [-0.1, -0.05) is 59.6 Å². The first-order valence-corrected chi connectivity index (χ1v) is 19.6. The standard InChI is InChI=1S/C42H49Br2NO5/c1-25-22-31(48-7)23-27-24-34-41(5)19-16-32-39(2,3)35(18-20-40(32,4)33(41)17-21-42(34,6)50-36(25)27)49-38(47)45(30-14-12-29(44)13-15-30)37(46)26-8-10-28(43)11-9-26/h8-15,22-23,32-35H,16-21,24H2,1-7H3/t32-,33-,34-,35-,40-,41-,42-/m0/s1. The molecule has 0 spiro atoms. The second-order valence-corrected chi connectivity index (χ2v) is 18.5. The highest BCUT2D eigenvalue weighted by molar-refractivity contribution is 9.10. The van der Waals surface area contributed by atoms with Crippen LogP contribution < -0.4 is 14.4 Å². The second kappa shape index (κ2) is 12.7. The van der Waals surface area contributed by atoms with Gasteiger partial charge in [-0.25, -0.2) is 9.69 Å². The van der Waals surface area contributed by atoms with E-state index in [1.54, 1.807) is 31.4 Å². The van der Waals surface area contributed by atoms with E-state index >= 15 is 0 Å². The normalized spacial score (nSPS) is 32.3. The van der Waals surface area contributed by atoms with Crippen molar-refractivity contribution in [2.24, 2.45) is 34.0 Å². The molecule has 3 aromatic carbocycles. The number of aryl methyl sites for hydroxylation is 1. The van der Waals surface area contributed by atoms with Gasteiger partial charge >= 0.3 is 6.09 Å². The van der Waals surface area contributed by atoms with Crippen molar-refractivity contribution < 1.29 is 23.8 Å². The lowest BCUT2D eigenvalue weighted by Crippen LogP contribution is -2.66. The van der Waals surface area contributed by atoms with Crippen LogP contribution in [0.5, 0.6) is 11.5 Å². The second-order valence-electron chi connectivity index (χ2n) is 16.7. The van der Waals surface area contributed by atoms with Gasteiger partial charge in [-0.15, -0.1) is 0 Å². The van der Waals surface area contributed by atoms with Crippen molar-refractivity contribution in [3.05, 3.63) is 86.3 Å². The number of rotatable bonds is 4. The highest BCUT2D eigenvalue weighted by Gasteiger charge is 2.67. The smallest absolute Gasteiger partial charge is 0.421 e. The van der Waals surface area contributed by atoms with Crippen LogP contribution >= 0.6 is 31.9 Å². The molecule has 266 valence electrons. The molecule has 2 amide bonds. The third-order valence-electron chi connectivity index (χ3n) is 13.6. The molecule has 3 saturated carbocycles. The summed E-state index contributed by atoms with van der Waals surface area (Å²) < 4.78 is 20.9. The van der Waals surface area contributed by atoms with E-state index in [0.717, 1.165) is 71.0 Å². The predicted octanol–water partition coefficient (Wildman–Crippen LogP) is 11.3. The van der Waals surface area contributed by atoms with Crippen LogP contribution in [0.3, 0.4) is 0 Å². The summed E-state index contributed by atoms with van der Waals surface area (Å²) in [5.41, 5.74) is 3.02. The number of halogens is 2. The highest BCUT2D eigenvalue weighted by Crippen LogP contribution is 2.71. The maximum absolute atomic E-state index is 14.2. The number of amides is 2. The molecule has 0 N–H and O–H groups in total. The summed E-state index contributed by atoms with van der Waals surface area (Å²) in [4.78, 5) is 29.3. The number of carbonyl (C=O) groups is 2. The molecule has 6 nitrogen and oxygen atoms in total. The number of hydrogen-bond donors (Lipinski definition) is 0. The van der Waals surface area contributed by atoms with Crippen molar-refractivity contribution in [2.75, 3.05) is 12.0 Å². The number of fused-ring (bicyclic) bond motifs is 6. The van der Waals surface area contributed by atoms with E-state index in [9.17, 15) is 9.59 Å². The first-order valence-electron chi connectivity index (χ1n) is 18.0. The fourth-order valence-corrected chi connectivity index (χ4v) is 11.7. The van der Waals surface area contributed by atoms with Crippen LogP contribution in [0.2, 0.25) is 0 Å². The minimum Gasteiger partial charge on any atom is -0.497 e. The topological polar surface area (TPSA) is 65.1 Å². The van der Waals surface area contributed by atoms with Gasteiger partial charge in [0.05, 0.1) is 12.8 Å². The molecule has 3 aliphatic carbocycles. The average Bonchev–Trinajstić information content (AvgIpc) is 3.06. The third kappa shape index (κ3) is 5.71. The first-order chi connectivity index (χ1) is 23.6. The van der Waals surface area contributed by atoms with E-state index in [1.165, 1.54) is 10.5 Å². The van der Waals surface area contributed by atoms with Crippen LogP contribution in [0.1, 0.15) is 94.6 Å². The number of hydrogen-bond acceptors (Lipinski definition) is 5. The van der Waals surface area contributed by atoms with Crippen molar-refractivity contribution in [3.8, 4) is 11.5 Å². The van der Waals surface area contributed by atoms with Crippen LogP contribution in [-0.4, -0.2) is 30.8 Å². The molecular formula is C42H49Br2NO5. The van der Waals surface area contributed by atoms with Gasteiger partial charge in [0.2, 0.25) is 0 Å². The molecule has 8 heteroatoms. The van der Waals surface area contributed by atoms with E-state index in [2.05, 4.69) is 85.5 Å². The van der Waals surface area contributed by atoms with Crippen molar-refractivity contribution in [2.45, 2.75) is 98.2 Å². The van der Waals surface area contributed by atoms with Gasteiger partial charge in [-0.05, 0) is 153 Å². The Morgan fingerprint density at radius 3 is 2.06 bits per heavy atom. The number of carbonyl (C=O) groups excluding carboxylic acids is 2. The van der Waals surface area contributed by atoms with Gasteiger partial charge in [0.15, 0.2) is 0 Å². The monoisotopic (exact) mass is 805 g/mol. The maximum Gasteiger partial charge on any atom is 0.421 e. The Hall–Kier alpha value is -2.84. The lowest BCUT2D eigenvalue weighted by molar-refractivity contribution is -0.223. The molecule has 0 saturated heterocycles. The van der Waals surface area contributed by atoms with Gasteiger partial charge in [0.1, 0.15) is 23.2 Å². The third-order valence-corrected chi connectivity index (χ3v) is 14.7. The van der Waals surface area contributed by atoms with E-state index < -0.39 is 12.0 Å². The van der Waals surface area contributed by atoms with Gasteiger partial charge < -0.3 is 14.2 Å². The Morgan fingerprint density at radius 2 is 1.40 bits per heavy atom. The number of methoxy groups -OCH3 is 1. The van der Waals surface area contributed by atoms with Gasteiger partial charge in [-0.3, -0.25) is 4.79 Å². The predicted molar refractivity (Wildman–Crippen MR) is 204 cm³/mol. The summed E-state index contributed by atoms with van der Waals surface area (Å²) in [7, 11) is 1.74. The fraction of sp³-hybridized carbons (Fsp3) is 0.524. The molecule has 7 rings (SSSR count). The molecule has 4 aliphatic rings. The molecule has 0 radical (unpaired) electrons. The number of anilines is 1. The van der Waals surface area contributed by atoms with Crippen LogP contribution in [0.15, 0.2) is 69.6 Å². The van der Waals surface area contributed by atoms with Gasteiger partial charge in [0, 0.05) is 25.8 Å². The van der Waals surface area contributed by atoms with Gasteiger partial charge in [-0.2, -0.15) is 0 Å². The van der Waals surface area contributed by atoms with Crippen molar-refractivity contribution in [1.29, 1.82) is 0 Å². The molecular weight excluding hydrogens is 758 g/mol. The van der Waals surface area contributed by atoms with Crippen molar-refractivity contribution >= 4 is 49.5 Å². The molecule has 1 heterocycles. The molecule has 0 aromatic heterocycles. The minimum absolute atomic E-state index is 0.0872. The van der Waals surface area contributed by atoms with Gasteiger partial charge in [0.25, 0.3) is 5.91 Å². The quantitative estimate of drug-likeness (QED) is 0.263. The lowest BCUT2D eigenvalue weighted by Gasteiger charge is -2.69. The Balaban J connectivity index is 1.15. The number of imide groups is 1. The zero-order valence-corrected chi connectivity index (χ0v) is 33.4. The van der Waals surface area contributed by atoms with Crippen molar-refractivity contribution in [3.63, 3.8) is 0 Å². The summed E-state index contributed by atoms with van der Waals surface area (Å²) in [5, 5.41) is 0. The number of ether oxygens (including phenoxy) is 3. The SMILES string of the molecule is COc1cc(C)c2c(c1)C[C@H]1[C@@]3(C)CC[C@H]4C(C)(C)[C@@H](OC(=O)N(C(=O)c5ccc(Br)cc5)c5ccc(Br)cc5)CC[C@]4(C)[C@@H]3CC[C@]1(C)O2. The van der Waals surface area contributed by atoms with Crippen molar-refractivity contribution in [1.82, 2.24) is 0 Å². The summed E-state index contributed by atoms with van der Waals surface area (Å²) in [6.07, 6.45) is 6.13. The molecule has 1 aliphatic heterocycles. The molecule has 50 heavy (non-hydrogen) atoms. The molecule has 3 aromatic rings. The summed E-state index contributed by atoms with van der Waals surface area (Å²) in [6, 6.07) is 18.6. The van der Waals surface area contributed by atoms with Crippen LogP contribution in [-0.2, 0) is 11.2 Å². The lowest BCUT2D eigenvalue weighted by atomic mass is 9.37. The Kier molecular flexibility index (Phi) is 9.02. The molecule has 0 unspecified atom stereocenters. The van der Waals surface area contributed by atoms with E-state index in [1.807, 2.05) is 24.3 Å². The zero-order chi connectivity index (χ0) is 35.8. The maximum atomic E-state index is 14.2. The van der Waals surface area contributed by atoms with E-state index in [4.69, 9.17) is 14.2 Å². The summed E-state index contributed by atoms with van der Waals surface area (Å²) in [5.74, 6) is 2.82. The van der Waals surface area contributed by atoms with Crippen LogP contribution in [0.25, 0.3) is 0 Å². The van der Waals surface area contributed by atoms with Crippen LogP contribution in [0.4, 0.5) is 10.5 Å². The largest absolute Gasteiger partial charge is 0.497 e. The van der Waals surface area contributed by atoms with Crippen LogP contribution in [0, 0.1) is 40.9 Å². The summed E-state index contributed by atoms with van der Waals surface area (Å²) >= 11 is 6.93. The molecule has 0 bridgehead atoms. The number of nitrogens with zero attached hydrogens (tertiary/aromatic N) is 1. The Labute approximate surface area is 313 Å². The Morgan fingerprint density at radius 1 is 0.800 bits per heavy atom. The van der Waals surface area contributed by atoms with E-state index in [0.29, 0.717) is 29.0 Å². The van der Waals surface area contributed by atoms with E-state index in [-0.39, 0.29) is 27.9 Å². The minimum atomic E-state index is -0.625.